The summed E-state index contributed by atoms with van der Waals surface area (Å²) in [6.45, 7) is 18.7. The van der Waals surface area contributed by atoms with Gasteiger partial charge in [0.05, 0.1) is 0 Å². The summed E-state index contributed by atoms with van der Waals surface area (Å²) in [7, 11) is 0. The lowest BCUT2D eigenvalue weighted by molar-refractivity contribution is 0.0419. The molecule has 0 N–H and O–H groups in total. The van der Waals surface area contributed by atoms with Gasteiger partial charge < -0.3 is 0 Å². The molecule has 1 aromatic heterocycles. The van der Waals surface area contributed by atoms with Crippen LogP contribution in [0.25, 0.3) is 0 Å². The molecule has 0 fully saturated rings. The highest BCUT2D eigenvalue weighted by molar-refractivity contribution is 5.36. The van der Waals surface area contributed by atoms with Gasteiger partial charge in [0.15, 0.2) is 0 Å². The summed E-state index contributed by atoms with van der Waals surface area (Å²) in [5.74, 6) is 0.688. The van der Waals surface area contributed by atoms with Crippen LogP contribution in [0.3, 0.4) is 0 Å². The van der Waals surface area contributed by atoms with E-state index in [9.17, 15) is 0 Å². The van der Waals surface area contributed by atoms with Crippen LogP contribution in [0.1, 0.15) is 72.2 Å². The molecule has 20 heavy (non-hydrogen) atoms. The molecule has 0 amide bonds. The molecule has 1 aliphatic carbocycles. The second kappa shape index (κ2) is 4.58. The van der Waals surface area contributed by atoms with E-state index in [-0.39, 0.29) is 5.41 Å². The van der Waals surface area contributed by atoms with Crippen molar-refractivity contribution in [2.75, 3.05) is 0 Å². The number of aromatic nitrogens is 1. The molecule has 1 heteroatoms. The first-order valence-corrected chi connectivity index (χ1v) is 7.96. The minimum absolute atomic E-state index is 0.139. The summed E-state index contributed by atoms with van der Waals surface area (Å²) >= 11 is 0. The predicted octanol–water partition coefficient (Wildman–Crippen LogP) is 5.17. The molecule has 0 saturated carbocycles. The van der Waals surface area contributed by atoms with Gasteiger partial charge in [-0.25, -0.2) is 0 Å². The van der Waals surface area contributed by atoms with Crippen LogP contribution in [0.4, 0.5) is 0 Å². The molecule has 1 heterocycles. The highest BCUT2D eigenvalue weighted by Crippen LogP contribution is 2.53. The first-order chi connectivity index (χ1) is 8.97. The van der Waals surface area contributed by atoms with E-state index < -0.39 is 0 Å². The monoisotopic (exact) mass is 273 g/mol. The maximum atomic E-state index is 4.73. The van der Waals surface area contributed by atoms with Gasteiger partial charge in [-0.2, -0.15) is 0 Å². The van der Waals surface area contributed by atoms with Gasteiger partial charge in [0.1, 0.15) is 0 Å². The Morgan fingerprint density at radius 2 is 1.55 bits per heavy atom. The summed E-state index contributed by atoms with van der Waals surface area (Å²) in [6.07, 6.45) is 4.53. The molecule has 1 nitrogen and oxygen atoms in total. The SMILES string of the molecule is CC(C)C1(C(C)(C)C)Cc2cnc(C(C)(C)C)cc2C1. The number of hydrogen-bond donors (Lipinski definition) is 0. The van der Waals surface area contributed by atoms with Crippen molar-refractivity contribution in [1.29, 1.82) is 0 Å². The molecule has 112 valence electrons. The average molecular weight is 273 g/mol. The van der Waals surface area contributed by atoms with E-state index in [1.165, 1.54) is 29.7 Å². The predicted molar refractivity (Wildman–Crippen MR) is 87.1 cm³/mol. The molecular formula is C19H31N. The van der Waals surface area contributed by atoms with Gasteiger partial charge in [0.2, 0.25) is 0 Å². The molecule has 1 aliphatic rings. The van der Waals surface area contributed by atoms with Crippen molar-refractivity contribution < 1.29 is 0 Å². The number of pyridine rings is 1. The second-order valence-electron chi connectivity index (χ2n) is 9.00. The highest BCUT2D eigenvalue weighted by Gasteiger charge is 2.48. The third-order valence-electron chi connectivity index (χ3n) is 5.46. The molecule has 1 atom stereocenters. The van der Waals surface area contributed by atoms with Crippen molar-refractivity contribution in [3.8, 4) is 0 Å². The fraction of sp³-hybridized carbons (Fsp3) is 0.737. The van der Waals surface area contributed by atoms with Crippen molar-refractivity contribution in [2.45, 2.75) is 73.6 Å². The second-order valence-corrected chi connectivity index (χ2v) is 9.00. The van der Waals surface area contributed by atoms with Crippen molar-refractivity contribution in [3.05, 3.63) is 29.1 Å². The Kier molecular flexibility index (Phi) is 3.56. The van der Waals surface area contributed by atoms with E-state index in [0.29, 0.717) is 16.7 Å². The van der Waals surface area contributed by atoms with E-state index >= 15 is 0 Å². The third kappa shape index (κ3) is 2.40. The molecule has 0 saturated heterocycles. The molecule has 1 aromatic rings. The maximum Gasteiger partial charge on any atom is 0.0459 e. The summed E-state index contributed by atoms with van der Waals surface area (Å²) in [5, 5.41) is 0. The first kappa shape index (κ1) is 15.5. The van der Waals surface area contributed by atoms with Gasteiger partial charge in [0, 0.05) is 17.3 Å². The lowest BCUT2D eigenvalue weighted by Gasteiger charge is -2.45. The molecule has 0 spiro atoms. The quantitative estimate of drug-likeness (QED) is 0.688. The zero-order chi connectivity index (χ0) is 15.3. The molecule has 0 bridgehead atoms. The minimum atomic E-state index is 0.139. The van der Waals surface area contributed by atoms with Gasteiger partial charge >= 0.3 is 0 Å². The Morgan fingerprint density at radius 1 is 1.00 bits per heavy atom. The molecule has 0 aliphatic heterocycles. The smallest absolute Gasteiger partial charge is 0.0459 e. The normalized spacial score (nSPS) is 23.2. The van der Waals surface area contributed by atoms with Crippen LogP contribution in [0.15, 0.2) is 12.3 Å². The van der Waals surface area contributed by atoms with E-state index in [1.807, 2.05) is 0 Å². The largest absolute Gasteiger partial charge is 0.260 e. The molecule has 2 rings (SSSR count). The fourth-order valence-electron chi connectivity index (χ4n) is 3.81. The molecule has 0 aromatic carbocycles. The Morgan fingerprint density at radius 3 is 2.00 bits per heavy atom. The lowest BCUT2D eigenvalue weighted by Crippen LogP contribution is -2.41. The van der Waals surface area contributed by atoms with Gasteiger partial charge in [0.25, 0.3) is 0 Å². The van der Waals surface area contributed by atoms with Crippen LogP contribution in [-0.4, -0.2) is 4.98 Å². The zero-order valence-corrected chi connectivity index (χ0v) is 14.6. The Hall–Kier alpha value is -0.850. The lowest BCUT2D eigenvalue weighted by atomic mass is 9.59. The number of nitrogens with zero attached hydrogens (tertiary/aromatic N) is 1. The van der Waals surface area contributed by atoms with Crippen molar-refractivity contribution >= 4 is 0 Å². The summed E-state index contributed by atoms with van der Waals surface area (Å²) in [6, 6.07) is 2.37. The van der Waals surface area contributed by atoms with Crippen LogP contribution in [-0.2, 0) is 18.3 Å². The minimum Gasteiger partial charge on any atom is -0.260 e. The van der Waals surface area contributed by atoms with Crippen molar-refractivity contribution in [3.63, 3.8) is 0 Å². The number of hydrogen-bond acceptors (Lipinski definition) is 1. The Labute approximate surface area is 125 Å². The van der Waals surface area contributed by atoms with Crippen LogP contribution in [0.5, 0.6) is 0 Å². The summed E-state index contributed by atoms with van der Waals surface area (Å²) in [4.78, 5) is 4.73. The number of fused-ring (bicyclic) bond motifs is 1. The van der Waals surface area contributed by atoms with E-state index in [2.05, 4.69) is 67.7 Å². The van der Waals surface area contributed by atoms with E-state index in [0.717, 1.165) is 0 Å². The Balaban J connectivity index is 2.44. The first-order valence-electron chi connectivity index (χ1n) is 7.96. The average Bonchev–Trinajstić information content (AvgIpc) is 2.66. The van der Waals surface area contributed by atoms with Gasteiger partial charge in [-0.1, -0.05) is 55.4 Å². The maximum absolute atomic E-state index is 4.73. The summed E-state index contributed by atoms with van der Waals surface area (Å²) < 4.78 is 0. The van der Waals surface area contributed by atoms with Crippen LogP contribution in [0, 0.1) is 16.7 Å². The standard InChI is InChI=1S/C19H31N/c1-13(2)19(18(6,7)8)10-14-9-16(17(3,4)5)20-12-15(14)11-19/h9,12-13H,10-11H2,1-8H3. The van der Waals surface area contributed by atoms with E-state index in [1.54, 1.807) is 0 Å². The van der Waals surface area contributed by atoms with Gasteiger partial charge in [-0.3, -0.25) is 4.98 Å². The van der Waals surface area contributed by atoms with Crippen LogP contribution < -0.4 is 0 Å². The van der Waals surface area contributed by atoms with Crippen LogP contribution in [0.2, 0.25) is 0 Å². The molecule has 0 radical (unpaired) electrons. The van der Waals surface area contributed by atoms with Crippen molar-refractivity contribution in [2.24, 2.45) is 16.7 Å². The molecular weight excluding hydrogens is 242 g/mol. The van der Waals surface area contributed by atoms with E-state index in [4.69, 9.17) is 4.98 Å². The molecule has 1 unspecified atom stereocenters. The third-order valence-corrected chi connectivity index (χ3v) is 5.46. The topological polar surface area (TPSA) is 12.9 Å². The zero-order valence-electron chi connectivity index (χ0n) is 14.6. The van der Waals surface area contributed by atoms with Crippen LogP contribution >= 0.6 is 0 Å². The summed E-state index contributed by atoms with van der Waals surface area (Å²) in [5.41, 5.74) is 5.06. The van der Waals surface area contributed by atoms with Crippen molar-refractivity contribution in [1.82, 2.24) is 4.98 Å². The van der Waals surface area contributed by atoms with Gasteiger partial charge in [-0.05, 0) is 46.8 Å². The number of rotatable bonds is 1. The van der Waals surface area contributed by atoms with Gasteiger partial charge in [-0.15, -0.1) is 0 Å². The highest BCUT2D eigenvalue weighted by atomic mass is 14.7. The Bertz CT molecular complexity index is 499. The fourth-order valence-corrected chi connectivity index (χ4v) is 3.81.